The second-order valence-corrected chi connectivity index (χ2v) is 5.92. The number of rotatable bonds is 8. The van der Waals surface area contributed by atoms with E-state index in [1.807, 2.05) is 0 Å². The molecular weight excluding hydrogens is 346 g/mol. The van der Waals surface area contributed by atoms with E-state index in [-0.39, 0.29) is 29.9 Å². The summed E-state index contributed by atoms with van der Waals surface area (Å²) in [5, 5.41) is 5.31. The topological polar surface area (TPSA) is 80.6 Å². The standard InChI is InChI=1S/C18H20F2N2O4/c1-11(2)15(22-16(23)14-7-4-8-25-14)17(24)21-10-12-5-3-6-13(9-12)26-18(19)20/h3-9,11,15,18H,10H2,1-2H3,(H,21,24)(H,22,23). The number of benzene rings is 1. The maximum atomic E-state index is 12.4. The Morgan fingerprint density at radius 3 is 2.58 bits per heavy atom. The molecule has 0 aliphatic heterocycles. The van der Waals surface area contributed by atoms with E-state index >= 15 is 0 Å². The first kappa shape index (κ1) is 19.4. The predicted molar refractivity (Wildman–Crippen MR) is 89.7 cm³/mol. The van der Waals surface area contributed by atoms with E-state index in [4.69, 9.17) is 4.42 Å². The third-order valence-corrected chi connectivity index (χ3v) is 3.57. The van der Waals surface area contributed by atoms with Crippen LogP contribution in [0, 0.1) is 5.92 Å². The monoisotopic (exact) mass is 366 g/mol. The summed E-state index contributed by atoms with van der Waals surface area (Å²) in [6, 6.07) is 8.35. The van der Waals surface area contributed by atoms with Crippen LogP contribution in [0.3, 0.4) is 0 Å². The van der Waals surface area contributed by atoms with E-state index < -0.39 is 18.6 Å². The van der Waals surface area contributed by atoms with Gasteiger partial charge in [-0.1, -0.05) is 26.0 Å². The van der Waals surface area contributed by atoms with Crippen molar-refractivity contribution in [1.29, 1.82) is 0 Å². The molecule has 1 heterocycles. The van der Waals surface area contributed by atoms with Crippen LogP contribution >= 0.6 is 0 Å². The van der Waals surface area contributed by atoms with Crippen molar-refractivity contribution in [3.05, 3.63) is 54.0 Å². The zero-order valence-corrected chi connectivity index (χ0v) is 14.4. The number of furan rings is 1. The molecule has 1 unspecified atom stereocenters. The number of nitrogens with one attached hydrogen (secondary N) is 2. The molecule has 140 valence electrons. The van der Waals surface area contributed by atoms with Crippen molar-refractivity contribution >= 4 is 11.8 Å². The van der Waals surface area contributed by atoms with Crippen LogP contribution in [0.1, 0.15) is 30.0 Å². The summed E-state index contributed by atoms with van der Waals surface area (Å²) in [5.74, 6) is -0.919. The first-order chi connectivity index (χ1) is 12.4. The lowest BCUT2D eigenvalue weighted by molar-refractivity contribution is -0.124. The van der Waals surface area contributed by atoms with Gasteiger partial charge in [0.25, 0.3) is 5.91 Å². The van der Waals surface area contributed by atoms with E-state index in [0.717, 1.165) is 0 Å². The molecule has 0 aliphatic carbocycles. The zero-order valence-electron chi connectivity index (χ0n) is 14.4. The molecule has 0 radical (unpaired) electrons. The molecule has 0 aliphatic rings. The van der Waals surface area contributed by atoms with Gasteiger partial charge in [-0.3, -0.25) is 9.59 Å². The number of ether oxygens (including phenoxy) is 1. The van der Waals surface area contributed by atoms with Crippen LogP contribution in [0.4, 0.5) is 8.78 Å². The zero-order chi connectivity index (χ0) is 19.1. The summed E-state index contributed by atoms with van der Waals surface area (Å²) in [4.78, 5) is 24.5. The summed E-state index contributed by atoms with van der Waals surface area (Å²) in [7, 11) is 0. The molecule has 0 spiro atoms. The molecule has 1 aromatic carbocycles. The van der Waals surface area contributed by atoms with Gasteiger partial charge in [0.1, 0.15) is 11.8 Å². The van der Waals surface area contributed by atoms with E-state index in [1.165, 1.54) is 24.5 Å². The molecule has 6 nitrogen and oxygen atoms in total. The van der Waals surface area contributed by atoms with Gasteiger partial charge >= 0.3 is 6.61 Å². The number of halogens is 2. The van der Waals surface area contributed by atoms with Crippen LogP contribution in [-0.4, -0.2) is 24.5 Å². The third-order valence-electron chi connectivity index (χ3n) is 3.57. The van der Waals surface area contributed by atoms with Crippen LogP contribution in [0.15, 0.2) is 47.1 Å². The molecular formula is C18H20F2N2O4. The van der Waals surface area contributed by atoms with Crippen molar-refractivity contribution in [2.24, 2.45) is 5.92 Å². The van der Waals surface area contributed by atoms with Crippen molar-refractivity contribution in [1.82, 2.24) is 10.6 Å². The first-order valence-corrected chi connectivity index (χ1v) is 8.02. The Morgan fingerprint density at radius 2 is 1.96 bits per heavy atom. The Morgan fingerprint density at radius 1 is 1.19 bits per heavy atom. The minimum absolute atomic E-state index is 0.0123. The van der Waals surface area contributed by atoms with Crippen LogP contribution in [0.5, 0.6) is 5.75 Å². The quantitative estimate of drug-likeness (QED) is 0.753. The highest BCUT2D eigenvalue weighted by molar-refractivity contribution is 5.95. The average molecular weight is 366 g/mol. The first-order valence-electron chi connectivity index (χ1n) is 8.02. The summed E-state index contributed by atoms with van der Waals surface area (Å²) in [6.45, 7) is 0.786. The fourth-order valence-electron chi connectivity index (χ4n) is 2.29. The fourth-order valence-corrected chi connectivity index (χ4v) is 2.29. The molecule has 8 heteroatoms. The number of alkyl halides is 2. The molecule has 0 saturated heterocycles. The summed E-state index contributed by atoms with van der Waals surface area (Å²) in [6.07, 6.45) is 1.37. The van der Waals surface area contributed by atoms with Crippen molar-refractivity contribution in [2.45, 2.75) is 33.0 Å². The highest BCUT2D eigenvalue weighted by Crippen LogP contribution is 2.16. The lowest BCUT2D eigenvalue weighted by atomic mass is 10.0. The van der Waals surface area contributed by atoms with Gasteiger partial charge in [-0.05, 0) is 35.7 Å². The Bertz CT molecular complexity index is 733. The van der Waals surface area contributed by atoms with E-state index in [9.17, 15) is 18.4 Å². The highest BCUT2D eigenvalue weighted by atomic mass is 19.3. The smallest absolute Gasteiger partial charge is 0.387 e. The Balaban J connectivity index is 1.96. The van der Waals surface area contributed by atoms with E-state index in [2.05, 4.69) is 15.4 Å². The van der Waals surface area contributed by atoms with Gasteiger partial charge in [-0.2, -0.15) is 8.78 Å². The predicted octanol–water partition coefficient (Wildman–Crippen LogP) is 2.95. The Kier molecular flexibility index (Phi) is 6.71. The maximum absolute atomic E-state index is 12.4. The maximum Gasteiger partial charge on any atom is 0.387 e. The molecule has 1 atom stereocenters. The number of hydrogen-bond donors (Lipinski definition) is 2. The minimum Gasteiger partial charge on any atom is -0.459 e. The molecule has 26 heavy (non-hydrogen) atoms. The molecule has 2 aromatic rings. The second kappa shape index (κ2) is 8.98. The van der Waals surface area contributed by atoms with Crippen LogP contribution in [0.25, 0.3) is 0 Å². The lowest BCUT2D eigenvalue weighted by Crippen LogP contribution is -2.49. The average Bonchev–Trinajstić information content (AvgIpc) is 3.11. The molecule has 2 N–H and O–H groups in total. The minimum atomic E-state index is -2.91. The van der Waals surface area contributed by atoms with Crippen molar-refractivity contribution in [3.63, 3.8) is 0 Å². The summed E-state index contributed by atoms with van der Waals surface area (Å²) in [5.41, 5.74) is 0.594. The Labute approximate surface area is 149 Å². The largest absolute Gasteiger partial charge is 0.459 e. The van der Waals surface area contributed by atoms with Gasteiger partial charge in [0, 0.05) is 6.54 Å². The van der Waals surface area contributed by atoms with Gasteiger partial charge < -0.3 is 19.8 Å². The fraction of sp³-hybridized carbons (Fsp3) is 0.333. The van der Waals surface area contributed by atoms with Crippen LogP contribution in [0.2, 0.25) is 0 Å². The molecule has 2 rings (SSSR count). The number of carbonyl (C=O) groups excluding carboxylic acids is 2. The van der Waals surface area contributed by atoms with Gasteiger partial charge in [0.2, 0.25) is 5.91 Å². The highest BCUT2D eigenvalue weighted by Gasteiger charge is 2.25. The molecule has 0 bridgehead atoms. The van der Waals surface area contributed by atoms with Crippen molar-refractivity contribution in [3.8, 4) is 5.75 Å². The van der Waals surface area contributed by atoms with Gasteiger partial charge in [-0.15, -0.1) is 0 Å². The van der Waals surface area contributed by atoms with Gasteiger partial charge in [0.05, 0.1) is 6.26 Å². The Hall–Kier alpha value is -2.90. The van der Waals surface area contributed by atoms with Crippen LogP contribution < -0.4 is 15.4 Å². The summed E-state index contributed by atoms with van der Waals surface area (Å²) < 4.78 is 33.9. The number of amides is 2. The van der Waals surface area contributed by atoms with Crippen LogP contribution in [-0.2, 0) is 11.3 Å². The van der Waals surface area contributed by atoms with Gasteiger partial charge in [-0.25, -0.2) is 0 Å². The van der Waals surface area contributed by atoms with E-state index in [0.29, 0.717) is 5.56 Å². The third kappa shape index (κ3) is 5.58. The summed E-state index contributed by atoms with van der Waals surface area (Å²) >= 11 is 0. The van der Waals surface area contributed by atoms with Crippen molar-refractivity contribution < 1.29 is 27.5 Å². The number of carbonyl (C=O) groups is 2. The van der Waals surface area contributed by atoms with E-state index in [1.54, 1.807) is 32.0 Å². The second-order valence-electron chi connectivity index (χ2n) is 5.92. The molecule has 0 fully saturated rings. The van der Waals surface area contributed by atoms with Gasteiger partial charge in [0.15, 0.2) is 5.76 Å². The molecule has 2 amide bonds. The number of hydrogen-bond acceptors (Lipinski definition) is 4. The lowest BCUT2D eigenvalue weighted by Gasteiger charge is -2.21. The van der Waals surface area contributed by atoms with Crippen molar-refractivity contribution in [2.75, 3.05) is 0 Å². The SMILES string of the molecule is CC(C)C(NC(=O)c1ccco1)C(=O)NCc1cccc(OC(F)F)c1. The molecule has 0 saturated carbocycles. The molecule has 1 aromatic heterocycles. The normalized spacial score (nSPS) is 12.1.